The fourth-order valence-corrected chi connectivity index (χ4v) is 6.96. The lowest BCUT2D eigenvalue weighted by atomic mass is 9.45. The standard InChI is InChI=1S/C26H32N2O3/c1-17-4-6-20(7-5-17)25-12-18-10-19(13-25)15-26(14-18,16-25)28-24(29)27-22-11-21(30-2)8-9-23(22)31-3/h4-9,11,18-19H,10,12-16H2,1-3H3,(H2,27,28,29)/t18-,19-,25?,26?/m1/s1. The number of hydrogen-bond donors (Lipinski definition) is 2. The molecule has 4 saturated carbocycles. The minimum Gasteiger partial charge on any atom is -0.497 e. The number of rotatable bonds is 5. The third-order valence-corrected chi connectivity index (χ3v) is 7.76. The average Bonchev–Trinajstić information content (AvgIpc) is 2.72. The van der Waals surface area contributed by atoms with Gasteiger partial charge >= 0.3 is 6.03 Å². The van der Waals surface area contributed by atoms with Gasteiger partial charge in [0.1, 0.15) is 11.5 Å². The number of methoxy groups -OCH3 is 2. The van der Waals surface area contributed by atoms with Crippen molar-refractivity contribution in [2.75, 3.05) is 19.5 Å². The molecular weight excluding hydrogens is 388 g/mol. The van der Waals surface area contributed by atoms with Gasteiger partial charge in [0.15, 0.2) is 0 Å². The summed E-state index contributed by atoms with van der Waals surface area (Å²) in [5.74, 6) is 2.69. The van der Waals surface area contributed by atoms with Crippen LogP contribution in [0.2, 0.25) is 0 Å². The Hall–Kier alpha value is -2.69. The first kappa shape index (κ1) is 20.2. The highest BCUT2D eigenvalue weighted by atomic mass is 16.5. The molecule has 5 heteroatoms. The minimum atomic E-state index is -0.160. The predicted octanol–water partition coefficient (Wildman–Crippen LogP) is 5.42. The number of carbonyl (C=O) groups excluding carboxylic acids is 1. The van der Waals surface area contributed by atoms with E-state index in [4.69, 9.17) is 9.47 Å². The van der Waals surface area contributed by atoms with E-state index in [2.05, 4.69) is 41.8 Å². The van der Waals surface area contributed by atoms with Crippen LogP contribution in [0.15, 0.2) is 42.5 Å². The molecule has 6 rings (SSSR count). The number of benzene rings is 2. The first-order chi connectivity index (χ1) is 14.9. The number of aryl methyl sites for hydroxylation is 1. The maximum absolute atomic E-state index is 13.1. The maximum Gasteiger partial charge on any atom is 0.319 e. The Morgan fingerprint density at radius 3 is 2.32 bits per heavy atom. The number of hydrogen-bond acceptors (Lipinski definition) is 3. The summed E-state index contributed by atoms with van der Waals surface area (Å²) in [6.07, 6.45) is 7.00. The van der Waals surface area contributed by atoms with E-state index in [1.54, 1.807) is 20.3 Å². The van der Waals surface area contributed by atoms with E-state index < -0.39 is 0 Å². The number of anilines is 1. The van der Waals surface area contributed by atoms with E-state index in [-0.39, 0.29) is 17.0 Å². The van der Waals surface area contributed by atoms with Crippen molar-refractivity contribution in [1.29, 1.82) is 0 Å². The van der Waals surface area contributed by atoms with Crippen LogP contribution in [0, 0.1) is 18.8 Å². The van der Waals surface area contributed by atoms with Crippen LogP contribution >= 0.6 is 0 Å². The molecule has 0 aliphatic heterocycles. The molecule has 5 nitrogen and oxygen atoms in total. The topological polar surface area (TPSA) is 59.6 Å². The van der Waals surface area contributed by atoms with Gasteiger partial charge in [0.05, 0.1) is 19.9 Å². The largest absolute Gasteiger partial charge is 0.497 e. The second-order valence-electron chi connectivity index (χ2n) is 10.0. The molecule has 0 spiro atoms. The van der Waals surface area contributed by atoms with Gasteiger partial charge in [-0.2, -0.15) is 0 Å². The number of amides is 2. The zero-order valence-electron chi connectivity index (χ0n) is 18.7. The summed E-state index contributed by atoms with van der Waals surface area (Å²) < 4.78 is 10.7. The highest BCUT2D eigenvalue weighted by Gasteiger charge is 2.58. The molecule has 0 aromatic heterocycles. The molecule has 4 aliphatic rings. The lowest BCUT2D eigenvalue weighted by molar-refractivity contribution is -0.0343. The Bertz CT molecular complexity index is 971. The van der Waals surface area contributed by atoms with Gasteiger partial charge in [-0.15, -0.1) is 0 Å². The van der Waals surface area contributed by atoms with Crippen molar-refractivity contribution in [3.63, 3.8) is 0 Å². The van der Waals surface area contributed by atoms with Gasteiger partial charge in [0.2, 0.25) is 0 Å². The van der Waals surface area contributed by atoms with Gasteiger partial charge in [-0.25, -0.2) is 4.79 Å². The van der Waals surface area contributed by atoms with E-state index in [1.807, 2.05) is 12.1 Å². The van der Waals surface area contributed by atoms with Crippen molar-refractivity contribution in [2.45, 2.75) is 56.4 Å². The van der Waals surface area contributed by atoms with E-state index in [0.29, 0.717) is 29.0 Å². The summed E-state index contributed by atoms with van der Waals surface area (Å²) in [6.45, 7) is 2.14. The monoisotopic (exact) mass is 420 g/mol. The van der Waals surface area contributed by atoms with Crippen LogP contribution < -0.4 is 20.1 Å². The van der Waals surface area contributed by atoms with Crippen LogP contribution in [0.5, 0.6) is 11.5 Å². The molecule has 0 heterocycles. The van der Waals surface area contributed by atoms with Crippen molar-refractivity contribution in [2.24, 2.45) is 11.8 Å². The Morgan fingerprint density at radius 1 is 0.968 bits per heavy atom. The normalized spacial score (nSPS) is 30.7. The third kappa shape index (κ3) is 3.64. The van der Waals surface area contributed by atoms with Crippen LogP contribution in [0.25, 0.3) is 0 Å². The maximum atomic E-state index is 13.1. The van der Waals surface area contributed by atoms with Crippen LogP contribution in [0.1, 0.15) is 49.7 Å². The second-order valence-corrected chi connectivity index (χ2v) is 10.0. The molecule has 31 heavy (non-hydrogen) atoms. The van der Waals surface area contributed by atoms with Gasteiger partial charge in [-0.05, 0) is 80.4 Å². The molecule has 2 aromatic carbocycles. The molecule has 0 radical (unpaired) electrons. The molecule has 2 N–H and O–H groups in total. The molecule has 4 aliphatic carbocycles. The number of ether oxygens (including phenoxy) is 2. The van der Waals surface area contributed by atoms with Gasteiger partial charge in [-0.3, -0.25) is 0 Å². The van der Waals surface area contributed by atoms with Crippen molar-refractivity contribution in [1.82, 2.24) is 5.32 Å². The third-order valence-electron chi connectivity index (χ3n) is 7.76. The Kier molecular flexibility index (Phi) is 4.87. The lowest BCUT2D eigenvalue weighted by Gasteiger charge is -2.62. The first-order valence-corrected chi connectivity index (χ1v) is 11.3. The number of carbonyl (C=O) groups is 1. The van der Waals surface area contributed by atoms with Gasteiger partial charge in [-0.1, -0.05) is 29.8 Å². The Balaban J connectivity index is 1.38. The SMILES string of the molecule is COc1ccc(OC)c(NC(=O)NC23C[C@@H]4C[C@@H](C2)CC(c2ccc(C)cc2)(C4)C3)c1. The van der Waals surface area contributed by atoms with Crippen molar-refractivity contribution < 1.29 is 14.3 Å². The van der Waals surface area contributed by atoms with Crippen LogP contribution in [0.3, 0.4) is 0 Å². The van der Waals surface area contributed by atoms with Crippen molar-refractivity contribution >= 4 is 11.7 Å². The quantitative estimate of drug-likeness (QED) is 0.679. The summed E-state index contributed by atoms with van der Waals surface area (Å²) in [4.78, 5) is 13.1. The first-order valence-electron chi connectivity index (χ1n) is 11.3. The molecule has 2 atom stereocenters. The minimum absolute atomic E-state index is 0.134. The lowest BCUT2D eigenvalue weighted by Crippen LogP contribution is -2.64. The Labute approximate surface area is 184 Å². The molecule has 4 bridgehead atoms. The fraction of sp³-hybridized carbons (Fsp3) is 0.500. The van der Waals surface area contributed by atoms with Crippen LogP contribution in [-0.4, -0.2) is 25.8 Å². The molecule has 0 unspecified atom stereocenters. The summed E-state index contributed by atoms with van der Waals surface area (Å²) in [7, 11) is 3.22. The van der Waals surface area contributed by atoms with Crippen molar-refractivity contribution in [3.05, 3.63) is 53.6 Å². The smallest absolute Gasteiger partial charge is 0.319 e. The van der Waals surface area contributed by atoms with E-state index in [1.165, 1.54) is 30.4 Å². The highest BCUT2D eigenvalue weighted by Crippen LogP contribution is 2.62. The summed E-state index contributed by atoms with van der Waals surface area (Å²) >= 11 is 0. The van der Waals surface area contributed by atoms with Gasteiger partial charge in [0.25, 0.3) is 0 Å². The fourth-order valence-electron chi connectivity index (χ4n) is 6.96. The molecule has 2 amide bonds. The molecule has 164 valence electrons. The Morgan fingerprint density at radius 2 is 1.68 bits per heavy atom. The zero-order valence-corrected chi connectivity index (χ0v) is 18.7. The molecular formula is C26H32N2O3. The molecule has 4 fully saturated rings. The van der Waals surface area contributed by atoms with Gasteiger partial charge < -0.3 is 20.1 Å². The molecule has 2 aromatic rings. The second kappa shape index (κ2) is 7.47. The summed E-state index contributed by atoms with van der Waals surface area (Å²) in [5.41, 5.74) is 3.43. The molecule has 0 saturated heterocycles. The van der Waals surface area contributed by atoms with Crippen molar-refractivity contribution in [3.8, 4) is 11.5 Å². The summed E-state index contributed by atoms with van der Waals surface area (Å²) in [5, 5.41) is 6.44. The van der Waals surface area contributed by atoms with E-state index in [9.17, 15) is 4.79 Å². The van der Waals surface area contributed by atoms with E-state index in [0.717, 1.165) is 19.3 Å². The van der Waals surface area contributed by atoms with E-state index >= 15 is 0 Å². The van der Waals surface area contributed by atoms with Gasteiger partial charge in [0, 0.05) is 11.6 Å². The van der Waals surface area contributed by atoms with Crippen LogP contribution in [0.4, 0.5) is 10.5 Å². The highest BCUT2D eigenvalue weighted by molar-refractivity contribution is 5.91. The predicted molar refractivity (Wildman–Crippen MR) is 122 cm³/mol. The number of urea groups is 1. The zero-order chi connectivity index (χ0) is 21.6. The number of nitrogens with one attached hydrogen (secondary N) is 2. The average molecular weight is 421 g/mol. The summed E-state index contributed by atoms with van der Waals surface area (Å²) in [6, 6.07) is 14.4. The van der Waals surface area contributed by atoms with Crippen LogP contribution in [-0.2, 0) is 5.41 Å².